The maximum atomic E-state index is 11.8. The van der Waals surface area contributed by atoms with Gasteiger partial charge in [0.2, 0.25) is 0 Å². The van der Waals surface area contributed by atoms with Crippen molar-refractivity contribution in [3.8, 4) is 5.75 Å². The zero-order chi connectivity index (χ0) is 16.2. The van der Waals surface area contributed by atoms with Crippen LogP contribution < -0.4 is 15.4 Å². The third-order valence-electron chi connectivity index (χ3n) is 3.35. The fourth-order valence-corrected chi connectivity index (χ4v) is 2.08. The number of benzene rings is 1. The molecule has 0 fully saturated rings. The molecule has 0 bridgehead atoms. The molecule has 0 radical (unpaired) electrons. The number of rotatable bonds is 9. The van der Waals surface area contributed by atoms with E-state index in [0.717, 1.165) is 12.8 Å². The lowest BCUT2D eigenvalue weighted by Gasteiger charge is -2.07. The van der Waals surface area contributed by atoms with Crippen LogP contribution in [0.2, 0.25) is 0 Å². The third kappa shape index (κ3) is 7.11. The summed E-state index contributed by atoms with van der Waals surface area (Å²) in [6.07, 6.45) is 6.89. The molecule has 0 aliphatic carbocycles. The minimum absolute atomic E-state index is 0.538. The molecule has 0 spiro atoms. The molecule has 5 heteroatoms. The van der Waals surface area contributed by atoms with Crippen LogP contribution in [0.15, 0.2) is 24.3 Å². The fraction of sp³-hybridized carbons (Fsp3) is 0.529. The Morgan fingerprint density at radius 3 is 2.50 bits per heavy atom. The molecule has 2 N–H and O–H groups in total. The second-order valence-corrected chi connectivity index (χ2v) is 5.21. The standard InChI is InChI=1S/C17H26N2O3/c1-3-4-5-6-7-8-12-18-16(20)17(21)19-14-10-9-11-15(13-14)22-2/h9-11,13H,3-8,12H2,1-2H3,(H,18,20)(H,19,21). The van der Waals surface area contributed by atoms with Crippen molar-refractivity contribution in [2.24, 2.45) is 0 Å². The highest BCUT2D eigenvalue weighted by atomic mass is 16.5. The van der Waals surface area contributed by atoms with Gasteiger partial charge >= 0.3 is 11.8 Å². The van der Waals surface area contributed by atoms with Gasteiger partial charge in [0, 0.05) is 18.3 Å². The van der Waals surface area contributed by atoms with Gasteiger partial charge in [-0.05, 0) is 18.6 Å². The SMILES string of the molecule is CCCCCCCCNC(=O)C(=O)Nc1cccc(OC)c1. The van der Waals surface area contributed by atoms with Gasteiger partial charge in [0.05, 0.1) is 7.11 Å². The first-order valence-electron chi connectivity index (χ1n) is 7.90. The van der Waals surface area contributed by atoms with Crippen molar-refractivity contribution in [1.82, 2.24) is 5.32 Å². The Labute approximate surface area is 132 Å². The summed E-state index contributed by atoms with van der Waals surface area (Å²) < 4.78 is 5.06. The number of hydrogen-bond acceptors (Lipinski definition) is 3. The first-order valence-corrected chi connectivity index (χ1v) is 7.90. The summed E-state index contributed by atoms with van der Waals surface area (Å²) in [5.41, 5.74) is 0.541. The monoisotopic (exact) mass is 306 g/mol. The molecule has 0 atom stereocenters. The van der Waals surface area contributed by atoms with Crippen molar-refractivity contribution in [2.45, 2.75) is 45.4 Å². The van der Waals surface area contributed by atoms with Crippen LogP contribution in [0.25, 0.3) is 0 Å². The highest BCUT2D eigenvalue weighted by molar-refractivity contribution is 6.39. The largest absolute Gasteiger partial charge is 0.497 e. The topological polar surface area (TPSA) is 67.4 Å². The summed E-state index contributed by atoms with van der Waals surface area (Å²) in [5, 5.41) is 5.19. The average molecular weight is 306 g/mol. The molecule has 122 valence electrons. The van der Waals surface area contributed by atoms with E-state index in [0.29, 0.717) is 18.0 Å². The van der Waals surface area contributed by atoms with Gasteiger partial charge in [0.1, 0.15) is 5.75 Å². The van der Waals surface area contributed by atoms with E-state index in [1.165, 1.54) is 25.7 Å². The van der Waals surface area contributed by atoms with Crippen molar-refractivity contribution in [2.75, 3.05) is 19.0 Å². The highest BCUT2D eigenvalue weighted by Crippen LogP contribution is 2.16. The lowest BCUT2D eigenvalue weighted by atomic mass is 10.1. The summed E-state index contributed by atoms with van der Waals surface area (Å²) in [7, 11) is 1.55. The van der Waals surface area contributed by atoms with Crippen LogP contribution in [-0.2, 0) is 9.59 Å². The maximum Gasteiger partial charge on any atom is 0.313 e. The Morgan fingerprint density at radius 1 is 1.05 bits per heavy atom. The van der Waals surface area contributed by atoms with E-state index >= 15 is 0 Å². The molecule has 0 saturated carbocycles. The molecule has 0 aromatic heterocycles. The summed E-state index contributed by atoms with van der Waals surface area (Å²) >= 11 is 0. The molecule has 22 heavy (non-hydrogen) atoms. The second-order valence-electron chi connectivity index (χ2n) is 5.21. The summed E-state index contributed by atoms with van der Waals surface area (Å²) in [6, 6.07) is 6.90. The van der Waals surface area contributed by atoms with E-state index in [1.807, 2.05) is 0 Å². The molecule has 0 aliphatic rings. The Hall–Kier alpha value is -2.04. The van der Waals surface area contributed by atoms with Crippen molar-refractivity contribution < 1.29 is 14.3 Å². The van der Waals surface area contributed by atoms with E-state index in [2.05, 4.69) is 17.6 Å². The summed E-state index contributed by atoms with van der Waals surface area (Å²) in [6.45, 7) is 2.72. The van der Waals surface area contributed by atoms with Crippen LogP contribution in [0, 0.1) is 0 Å². The number of ether oxygens (including phenoxy) is 1. The van der Waals surface area contributed by atoms with Crippen LogP contribution in [0.3, 0.4) is 0 Å². The average Bonchev–Trinajstić information content (AvgIpc) is 2.54. The summed E-state index contributed by atoms with van der Waals surface area (Å²) in [4.78, 5) is 23.4. The van der Waals surface area contributed by atoms with Gasteiger partial charge in [-0.2, -0.15) is 0 Å². The Bertz CT molecular complexity index is 475. The summed E-state index contributed by atoms with van der Waals surface area (Å²) in [5.74, 6) is -0.624. The number of unbranched alkanes of at least 4 members (excludes halogenated alkanes) is 5. The lowest BCUT2D eigenvalue weighted by molar-refractivity contribution is -0.136. The first-order chi connectivity index (χ1) is 10.7. The van der Waals surface area contributed by atoms with Crippen molar-refractivity contribution in [3.05, 3.63) is 24.3 Å². The quantitative estimate of drug-likeness (QED) is 0.544. The van der Waals surface area contributed by atoms with E-state index in [1.54, 1.807) is 31.4 Å². The van der Waals surface area contributed by atoms with E-state index < -0.39 is 11.8 Å². The molecule has 0 saturated heterocycles. The van der Waals surface area contributed by atoms with E-state index in [-0.39, 0.29) is 0 Å². The van der Waals surface area contributed by atoms with Gasteiger partial charge < -0.3 is 15.4 Å². The zero-order valence-electron chi connectivity index (χ0n) is 13.5. The Kier molecular flexibility index (Phi) is 8.72. The maximum absolute atomic E-state index is 11.8. The van der Waals surface area contributed by atoms with Crippen LogP contribution >= 0.6 is 0 Å². The molecule has 1 aromatic rings. The molecular formula is C17H26N2O3. The van der Waals surface area contributed by atoms with Gasteiger partial charge in [0.15, 0.2) is 0 Å². The number of amides is 2. The van der Waals surface area contributed by atoms with Gasteiger partial charge in [-0.15, -0.1) is 0 Å². The van der Waals surface area contributed by atoms with Crippen LogP contribution in [-0.4, -0.2) is 25.5 Å². The fourth-order valence-electron chi connectivity index (χ4n) is 2.08. The van der Waals surface area contributed by atoms with E-state index in [4.69, 9.17) is 4.74 Å². The number of nitrogens with one attached hydrogen (secondary N) is 2. The highest BCUT2D eigenvalue weighted by Gasteiger charge is 2.13. The van der Waals surface area contributed by atoms with Gasteiger partial charge in [-0.1, -0.05) is 45.1 Å². The minimum atomic E-state index is -0.653. The number of carbonyl (C=O) groups is 2. The van der Waals surface area contributed by atoms with E-state index in [9.17, 15) is 9.59 Å². The molecule has 0 aliphatic heterocycles. The van der Waals surface area contributed by atoms with Crippen LogP contribution in [0.1, 0.15) is 45.4 Å². The molecule has 0 heterocycles. The number of methoxy groups -OCH3 is 1. The number of carbonyl (C=O) groups excluding carboxylic acids is 2. The molecule has 2 amide bonds. The number of hydrogen-bond donors (Lipinski definition) is 2. The normalized spacial score (nSPS) is 10.1. The van der Waals surface area contributed by atoms with Crippen molar-refractivity contribution in [3.63, 3.8) is 0 Å². The lowest BCUT2D eigenvalue weighted by Crippen LogP contribution is -2.35. The Morgan fingerprint density at radius 2 is 1.77 bits per heavy atom. The second kappa shape index (κ2) is 10.7. The molecule has 1 rings (SSSR count). The third-order valence-corrected chi connectivity index (χ3v) is 3.35. The first kappa shape index (κ1) is 18.0. The smallest absolute Gasteiger partial charge is 0.313 e. The van der Waals surface area contributed by atoms with Gasteiger partial charge in [-0.3, -0.25) is 9.59 Å². The van der Waals surface area contributed by atoms with Gasteiger partial charge in [0.25, 0.3) is 0 Å². The molecule has 5 nitrogen and oxygen atoms in total. The predicted molar refractivity (Wildman–Crippen MR) is 88.0 cm³/mol. The van der Waals surface area contributed by atoms with Crippen molar-refractivity contribution >= 4 is 17.5 Å². The van der Waals surface area contributed by atoms with Crippen molar-refractivity contribution in [1.29, 1.82) is 0 Å². The van der Waals surface area contributed by atoms with Crippen LogP contribution in [0.4, 0.5) is 5.69 Å². The Balaban J connectivity index is 2.23. The van der Waals surface area contributed by atoms with Gasteiger partial charge in [-0.25, -0.2) is 0 Å². The molecular weight excluding hydrogens is 280 g/mol. The van der Waals surface area contributed by atoms with Crippen LogP contribution in [0.5, 0.6) is 5.75 Å². The zero-order valence-corrected chi connectivity index (χ0v) is 13.5. The minimum Gasteiger partial charge on any atom is -0.497 e. The molecule has 1 aromatic carbocycles. The number of anilines is 1. The predicted octanol–water partition coefficient (Wildman–Crippen LogP) is 3.11. The molecule has 0 unspecified atom stereocenters.